The molecule has 4 nitrogen and oxygen atoms in total. The zero-order valence-electron chi connectivity index (χ0n) is 20.6. The maximum Gasteiger partial charge on any atom is 0.584 e. The maximum atomic E-state index is 12.9. The van der Waals surface area contributed by atoms with Gasteiger partial charge in [0.05, 0.1) is 0 Å². The number of para-hydroxylation sites is 2. The zero-order valence-corrected chi connectivity index (χ0v) is 21.5. The quantitative estimate of drug-likeness (QED) is 0.173. The number of aryl methyl sites for hydroxylation is 2. The normalized spacial score (nSPS) is 11.5. The minimum atomic E-state index is -4.30. The van der Waals surface area contributed by atoms with E-state index in [4.69, 9.17) is 9.05 Å². The summed E-state index contributed by atoms with van der Waals surface area (Å²) in [5, 5.41) is 0. The third-order valence-electron chi connectivity index (χ3n) is 5.97. The van der Waals surface area contributed by atoms with Crippen LogP contribution in [0.2, 0.25) is 0 Å². The predicted molar refractivity (Wildman–Crippen MR) is 138 cm³/mol. The van der Waals surface area contributed by atoms with Gasteiger partial charge in [-0.15, -0.1) is 0 Å². The summed E-state index contributed by atoms with van der Waals surface area (Å²) in [5.74, 6) is 0.871. The molecule has 0 aliphatic carbocycles. The molecule has 0 saturated heterocycles. The molecule has 2 aromatic carbocycles. The smallest absolute Gasteiger partial charge is 0.395 e. The summed E-state index contributed by atoms with van der Waals surface area (Å²) in [6.07, 6.45) is 16.1. The molecule has 0 amide bonds. The molecule has 1 N–H and O–H groups in total. The Morgan fingerprint density at radius 1 is 0.606 bits per heavy atom. The Morgan fingerprint density at radius 3 is 1.39 bits per heavy atom. The van der Waals surface area contributed by atoms with Gasteiger partial charge in [0.2, 0.25) is 0 Å². The molecule has 0 aromatic heterocycles. The van der Waals surface area contributed by atoms with E-state index in [1.54, 1.807) is 12.1 Å². The topological polar surface area (TPSA) is 55.8 Å². The van der Waals surface area contributed by atoms with Crippen molar-refractivity contribution >= 4 is 7.82 Å². The van der Waals surface area contributed by atoms with E-state index >= 15 is 0 Å². The second kappa shape index (κ2) is 16.0. The highest BCUT2D eigenvalue weighted by Crippen LogP contribution is 2.46. The molecule has 5 heteroatoms. The Hall–Kier alpha value is -1.77. The molecule has 0 fully saturated rings. The third kappa shape index (κ3) is 11.3. The van der Waals surface area contributed by atoms with Crippen LogP contribution in [0.15, 0.2) is 48.5 Å². The molecule has 0 atom stereocenters. The minimum Gasteiger partial charge on any atom is -0.395 e. The number of phosphoric acid groups is 1. The van der Waals surface area contributed by atoms with Gasteiger partial charge < -0.3 is 9.05 Å². The summed E-state index contributed by atoms with van der Waals surface area (Å²) in [7, 11) is -4.30. The van der Waals surface area contributed by atoms with Crippen molar-refractivity contribution in [2.75, 3.05) is 0 Å². The molecule has 2 rings (SSSR count). The maximum absolute atomic E-state index is 12.9. The van der Waals surface area contributed by atoms with Crippen LogP contribution in [-0.2, 0) is 17.4 Å². The van der Waals surface area contributed by atoms with E-state index in [1.807, 2.05) is 36.4 Å². The summed E-state index contributed by atoms with van der Waals surface area (Å²) in [6.45, 7) is 4.44. The molecule has 0 bridgehead atoms. The van der Waals surface area contributed by atoms with Crippen LogP contribution in [0.4, 0.5) is 0 Å². The van der Waals surface area contributed by atoms with E-state index < -0.39 is 7.82 Å². The molecular formula is C28H43O4P. The molecule has 33 heavy (non-hydrogen) atoms. The van der Waals surface area contributed by atoms with Crippen LogP contribution < -0.4 is 9.05 Å². The number of rotatable bonds is 18. The van der Waals surface area contributed by atoms with Crippen molar-refractivity contribution in [3.8, 4) is 11.5 Å². The van der Waals surface area contributed by atoms with Gasteiger partial charge in [0.15, 0.2) is 0 Å². The third-order valence-corrected chi connectivity index (χ3v) is 6.83. The van der Waals surface area contributed by atoms with Crippen LogP contribution in [-0.4, -0.2) is 4.89 Å². The number of phosphoric ester groups is 1. The van der Waals surface area contributed by atoms with Crippen molar-refractivity contribution in [2.45, 2.75) is 104 Å². The van der Waals surface area contributed by atoms with Gasteiger partial charge in [-0.3, -0.25) is 4.89 Å². The lowest BCUT2D eigenvalue weighted by atomic mass is 10.0. The predicted octanol–water partition coefficient (Wildman–Crippen LogP) is 9.05. The van der Waals surface area contributed by atoms with E-state index in [0.29, 0.717) is 11.5 Å². The van der Waals surface area contributed by atoms with Crippen LogP contribution in [0.25, 0.3) is 0 Å². The van der Waals surface area contributed by atoms with Crippen molar-refractivity contribution in [2.24, 2.45) is 0 Å². The average Bonchev–Trinajstić information content (AvgIpc) is 2.80. The van der Waals surface area contributed by atoms with Crippen LogP contribution in [0.1, 0.15) is 102 Å². The highest BCUT2D eigenvalue weighted by Gasteiger charge is 2.27. The van der Waals surface area contributed by atoms with Crippen molar-refractivity contribution in [1.29, 1.82) is 0 Å². The average molecular weight is 475 g/mol. The lowest BCUT2D eigenvalue weighted by Crippen LogP contribution is -2.03. The first-order chi connectivity index (χ1) is 16.1. The van der Waals surface area contributed by atoms with Gasteiger partial charge in [-0.2, -0.15) is 0 Å². The summed E-state index contributed by atoms with van der Waals surface area (Å²) < 4.78 is 24.0. The number of unbranched alkanes of at least 4 members (excludes halogenated alkanes) is 10. The highest BCUT2D eigenvalue weighted by molar-refractivity contribution is 7.48. The van der Waals surface area contributed by atoms with E-state index in [9.17, 15) is 9.46 Å². The molecule has 0 heterocycles. The van der Waals surface area contributed by atoms with Gasteiger partial charge in [0.25, 0.3) is 0 Å². The van der Waals surface area contributed by atoms with Crippen LogP contribution in [0.3, 0.4) is 0 Å². The molecule has 0 aliphatic heterocycles. The Morgan fingerprint density at radius 2 is 0.970 bits per heavy atom. The van der Waals surface area contributed by atoms with Crippen LogP contribution in [0, 0.1) is 0 Å². The second-order valence-corrected chi connectivity index (χ2v) is 10.2. The molecule has 184 valence electrons. The molecule has 2 aromatic rings. The first kappa shape index (κ1) is 27.5. The molecule has 0 saturated carbocycles. The molecule has 0 unspecified atom stereocenters. The molecular weight excluding hydrogens is 431 g/mol. The van der Waals surface area contributed by atoms with Crippen molar-refractivity contribution in [1.82, 2.24) is 0 Å². The SMILES string of the molecule is CCCCCCCCc1ccccc1OP(=O)(O)Oc1ccccc1CCCCCCCC. The standard InChI is InChI=1S/C28H43O4P/c1-3-5-7-9-11-13-19-25-21-15-17-23-27(25)31-33(29,30)32-28-24-18-16-22-26(28)20-14-12-10-8-6-4-2/h15-18,21-24H,3-14,19-20H2,1-2H3,(H,29,30). The summed E-state index contributed by atoms with van der Waals surface area (Å²) in [5.41, 5.74) is 1.90. The zero-order chi connectivity index (χ0) is 23.8. The van der Waals surface area contributed by atoms with Crippen molar-refractivity contribution in [3.63, 3.8) is 0 Å². The Balaban J connectivity index is 1.92. The van der Waals surface area contributed by atoms with E-state index in [1.165, 1.54) is 51.4 Å². The lowest BCUT2D eigenvalue weighted by molar-refractivity contribution is 0.288. The van der Waals surface area contributed by atoms with Crippen LogP contribution in [0.5, 0.6) is 11.5 Å². The Bertz CT molecular complexity index is 771. The van der Waals surface area contributed by atoms with Crippen molar-refractivity contribution in [3.05, 3.63) is 59.7 Å². The van der Waals surface area contributed by atoms with Gasteiger partial charge in [-0.1, -0.05) is 114 Å². The van der Waals surface area contributed by atoms with Gasteiger partial charge in [-0.05, 0) is 48.9 Å². The Labute approximate surface area is 201 Å². The van der Waals surface area contributed by atoms with E-state index in [2.05, 4.69) is 13.8 Å². The summed E-state index contributed by atoms with van der Waals surface area (Å²) in [4.78, 5) is 10.5. The Kier molecular flexibility index (Phi) is 13.3. The van der Waals surface area contributed by atoms with Crippen LogP contribution >= 0.6 is 7.82 Å². The van der Waals surface area contributed by atoms with E-state index in [-0.39, 0.29) is 0 Å². The van der Waals surface area contributed by atoms with Gasteiger partial charge in [-0.25, -0.2) is 4.57 Å². The number of benzene rings is 2. The largest absolute Gasteiger partial charge is 0.584 e. The fourth-order valence-electron chi connectivity index (χ4n) is 4.06. The van der Waals surface area contributed by atoms with Gasteiger partial charge in [0.1, 0.15) is 11.5 Å². The van der Waals surface area contributed by atoms with Gasteiger partial charge in [0, 0.05) is 0 Å². The van der Waals surface area contributed by atoms with Gasteiger partial charge >= 0.3 is 7.82 Å². The summed E-state index contributed by atoms with van der Waals surface area (Å²) >= 11 is 0. The van der Waals surface area contributed by atoms with E-state index in [0.717, 1.165) is 49.7 Å². The summed E-state index contributed by atoms with van der Waals surface area (Å²) in [6, 6.07) is 15.0. The highest BCUT2D eigenvalue weighted by atomic mass is 31.2. The fourth-order valence-corrected chi connectivity index (χ4v) is 4.95. The number of hydrogen-bond donors (Lipinski definition) is 1. The lowest BCUT2D eigenvalue weighted by Gasteiger charge is -2.18. The van der Waals surface area contributed by atoms with Crippen molar-refractivity contribution < 1.29 is 18.5 Å². The number of hydrogen-bond acceptors (Lipinski definition) is 3. The second-order valence-electron chi connectivity index (χ2n) is 8.90. The first-order valence-corrected chi connectivity index (χ1v) is 14.4. The monoisotopic (exact) mass is 474 g/mol. The minimum absolute atomic E-state index is 0.435. The first-order valence-electron chi connectivity index (χ1n) is 12.9. The molecule has 0 aliphatic rings. The molecule has 0 spiro atoms. The molecule has 0 radical (unpaired) electrons. The fraction of sp³-hybridized carbons (Fsp3) is 0.571.